The summed E-state index contributed by atoms with van der Waals surface area (Å²) in [6.45, 7) is 3.20. The highest BCUT2D eigenvalue weighted by Crippen LogP contribution is 2.20. The van der Waals surface area contributed by atoms with Crippen LogP contribution in [0.25, 0.3) is 0 Å². The fourth-order valence-electron chi connectivity index (χ4n) is 2.65. The molecule has 2 heterocycles. The molecule has 8 heteroatoms. The van der Waals surface area contributed by atoms with Crippen LogP contribution in [0.1, 0.15) is 13.3 Å². The lowest BCUT2D eigenvalue weighted by atomic mass is 10.2. The maximum Gasteiger partial charge on any atom is 0.326 e. The smallest absolute Gasteiger partial charge is 0.326 e. The summed E-state index contributed by atoms with van der Waals surface area (Å²) in [5.41, 5.74) is 0. The van der Waals surface area contributed by atoms with Gasteiger partial charge in [0.1, 0.15) is 6.04 Å². The number of aliphatic hydroxyl groups excluding tert-OH is 1. The minimum Gasteiger partial charge on any atom is -0.480 e. The number of β-amino-alcohol motifs (C(OH)–C–C–N with tert-alkyl or cyclic N) is 1. The molecule has 2 saturated heterocycles. The molecule has 0 aliphatic carbocycles. The van der Waals surface area contributed by atoms with E-state index in [0.717, 1.165) is 0 Å². The van der Waals surface area contributed by atoms with Crippen molar-refractivity contribution in [1.82, 2.24) is 14.7 Å². The molecule has 2 N–H and O–H groups in total. The van der Waals surface area contributed by atoms with Crippen LogP contribution in [0.2, 0.25) is 0 Å². The number of aliphatic hydroxyl groups is 1. The maximum atomic E-state index is 12.3. The Hall–Kier alpha value is -1.83. The Labute approximate surface area is 116 Å². The van der Waals surface area contributed by atoms with Crippen molar-refractivity contribution >= 4 is 17.9 Å². The fourth-order valence-corrected chi connectivity index (χ4v) is 2.65. The number of aliphatic carboxylic acids is 1. The summed E-state index contributed by atoms with van der Waals surface area (Å²) in [4.78, 5) is 39.0. The van der Waals surface area contributed by atoms with E-state index in [1.807, 2.05) is 0 Å². The number of likely N-dealkylation sites (tertiary alicyclic amines) is 1. The number of urea groups is 1. The molecule has 2 rings (SSSR count). The van der Waals surface area contributed by atoms with Crippen LogP contribution in [-0.2, 0) is 9.59 Å². The fraction of sp³-hybridized carbons (Fsp3) is 0.750. The van der Waals surface area contributed by atoms with Crippen molar-refractivity contribution in [2.45, 2.75) is 25.5 Å². The predicted molar refractivity (Wildman–Crippen MR) is 68.0 cm³/mol. The SMILES string of the molecule is CC(=O)N1CCN(C(=O)N2C[C@H](O)C[C@@H]2C(=O)O)CC1. The molecule has 0 aromatic carbocycles. The molecule has 2 atom stereocenters. The molecule has 20 heavy (non-hydrogen) atoms. The van der Waals surface area contributed by atoms with Crippen molar-refractivity contribution in [3.63, 3.8) is 0 Å². The van der Waals surface area contributed by atoms with E-state index in [2.05, 4.69) is 0 Å². The van der Waals surface area contributed by atoms with Gasteiger partial charge in [-0.25, -0.2) is 9.59 Å². The van der Waals surface area contributed by atoms with Crippen LogP contribution >= 0.6 is 0 Å². The third-order valence-electron chi connectivity index (χ3n) is 3.81. The Morgan fingerprint density at radius 3 is 2.10 bits per heavy atom. The Morgan fingerprint density at radius 2 is 1.60 bits per heavy atom. The van der Waals surface area contributed by atoms with E-state index in [0.29, 0.717) is 26.2 Å². The number of hydrogen-bond donors (Lipinski definition) is 2. The van der Waals surface area contributed by atoms with Crippen molar-refractivity contribution < 1.29 is 24.6 Å². The quantitative estimate of drug-likeness (QED) is 0.629. The first-order valence-electron chi connectivity index (χ1n) is 6.62. The maximum absolute atomic E-state index is 12.3. The van der Waals surface area contributed by atoms with E-state index >= 15 is 0 Å². The molecule has 2 fully saturated rings. The summed E-state index contributed by atoms with van der Waals surface area (Å²) in [5, 5.41) is 18.6. The first-order chi connectivity index (χ1) is 9.40. The van der Waals surface area contributed by atoms with Crippen LogP contribution in [0.3, 0.4) is 0 Å². The second-order valence-corrected chi connectivity index (χ2v) is 5.17. The third-order valence-corrected chi connectivity index (χ3v) is 3.81. The van der Waals surface area contributed by atoms with Gasteiger partial charge in [-0.3, -0.25) is 4.79 Å². The van der Waals surface area contributed by atoms with E-state index in [-0.39, 0.29) is 24.9 Å². The lowest BCUT2D eigenvalue weighted by Crippen LogP contribution is -2.55. The number of carbonyl (C=O) groups is 3. The number of carboxylic acid groups (broad SMARTS) is 1. The number of rotatable bonds is 1. The first-order valence-corrected chi connectivity index (χ1v) is 6.62. The molecule has 0 saturated carbocycles. The average Bonchev–Trinajstić information content (AvgIpc) is 2.80. The lowest BCUT2D eigenvalue weighted by molar-refractivity contribution is -0.141. The molecule has 0 unspecified atom stereocenters. The molecular formula is C12H19N3O5. The summed E-state index contributed by atoms with van der Waals surface area (Å²) >= 11 is 0. The predicted octanol–water partition coefficient (Wildman–Crippen LogP) is -1.21. The van der Waals surface area contributed by atoms with E-state index in [4.69, 9.17) is 5.11 Å². The number of nitrogens with zero attached hydrogens (tertiary/aromatic N) is 3. The standard InChI is InChI=1S/C12H19N3O5/c1-8(16)13-2-4-14(5-3-13)12(20)15-7-9(17)6-10(15)11(18)19/h9-10,17H,2-7H2,1H3,(H,18,19)/t9-,10-/m1/s1. The van der Waals surface area contributed by atoms with E-state index in [9.17, 15) is 19.5 Å². The molecule has 112 valence electrons. The van der Waals surface area contributed by atoms with Gasteiger partial charge in [0.15, 0.2) is 0 Å². The highest BCUT2D eigenvalue weighted by Gasteiger charge is 2.41. The van der Waals surface area contributed by atoms with Crippen LogP contribution < -0.4 is 0 Å². The van der Waals surface area contributed by atoms with E-state index in [1.54, 1.807) is 4.90 Å². The minimum absolute atomic E-state index is 0.0305. The highest BCUT2D eigenvalue weighted by atomic mass is 16.4. The zero-order valence-corrected chi connectivity index (χ0v) is 11.4. The largest absolute Gasteiger partial charge is 0.480 e. The zero-order chi connectivity index (χ0) is 14.9. The molecule has 0 bridgehead atoms. The number of hydrogen-bond acceptors (Lipinski definition) is 4. The summed E-state index contributed by atoms with van der Waals surface area (Å²) in [6.07, 6.45) is -0.729. The summed E-state index contributed by atoms with van der Waals surface area (Å²) in [7, 11) is 0. The lowest BCUT2D eigenvalue weighted by Gasteiger charge is -2.37. The van der Waals surface area contributed by atoms with Gasteiger partial charge in [-0.05, 0) is 0 Å². The zero-order valence-electron chi connectivity index (χ0n) is 11.4. The molecule has 3 amide bonds. The van der Waals surface area contributed by atoms with Crippen LogP contribution in [0.4, 0.5) is 4.79 Å². The van der Waals surface area contributed by atoms with Crippen molar-refractivity contribution in [3.05, 3.63) is 0 Å². The monoisotopic (exact) mass is 285 g/mol. The van der Waals surface area contributed by atoms with Crippen molar-refractivity contribution in [3.8, 4) is 0 Å². The highest BCUT2D eigenvalue weighted by molar-refractivity contribution is 5.83. The van der Waals surface area contributed by atoms with Crippen LogP contribution in [0.15, 0.2) is 0 Å². The Kier molecular flexibility index (Phi) is 4.12. The molecule has 8 nitrogen and oxygen atoms in total. The second-order valence-electron chi connectivity index (χ2n) is 5.17. The molecule has 2 aliphatic heterocycles. The summed E-state index contributed by atoms with van der Waals surface area (Å²) < 4.78 is 0. The van der Waals surface area contributed by atoms with Gasteiger partial charge in [0, 0.05) is 46.1 Å². The van der Waals surface area contributed by atoms with Crippen molar-refractivity contribution in [1.29, 1.82) is 0 Å². The molecule has 2 aliphatic rings. The van der Waals surface area contributed by atoms with Crippen molar-refractivity contribution in [2.75, 3.05) is 32.7 Å². The van der Waals surface area contributed by atoms with Gasteiger partial charge in [-0.2, -0.15) is 0 Å². The number of carboxylic acids is 1. The van der Waals surface area contributed by atoms with Gasteiger partial charge in [0.05, 0.1) is 6.10 Å². The van der Waals surface area contributed by atoms with Gasteiger partial charge < -0.3 is 24.9 Å². The normalized spacial score (nSPS) is 26.8. The Morgan fingerprint density at radius 1 is 1.05 bits per heavy atom. The number of amides is 3. The van der Waals surface area contributed by atoms with Crippen molar-refractivity contribution in [2.24, 2.45) is 0 Å². The molecule has 0 spiro atoms. The molecule has 0 aromatic rings. The topological polar surface area (TPSA) is 101 Å². The van der Waals surface area contributed by atoms with Gasteiger partial charge >= 0.3 is 12.0 Å². The van der Waals surface area contributed by atoms with Crippen LogP contribution in [-0.4, -0.2) is 87.7 Å². The van der Waals surface area contributed by atoms with Gasteiger partial charge in [-0.1, -0.05) is 0 Å². The van der Waals surface area contributed by atoms with E-state index in [1.165, 1.54) is 16.7 Å². The summed E-state index contributed by atoms with van der Waals surface area (Å²) in [6, 6.07) is -1.35. The Bertz CT molecular complexity index is 419. The first kappa shape index (κ1) is 14.6. The van der Waals surface area contributed by atoms with Crippen LogP contribution in [0, 0.1) is 0 Å². The average molecular weight is 285 g/mol. The third kappa shape index (κ3) is 2.84. The van der Waals surface area contributed by atoms with Gasteiger partial charge in [-0.15, -0.1) is 0 Å². The Balaban J connectivity index is 1.98. The molecule has 0 aromatic heterocycles. The second kappa shape index (κ2) is 5.66. The minimum atomic E-state index is -1.10. The van der Waals surface area contributed by atoms with Crippen LogP contribution in [0.5, 0.6) is 0 Å². The van der Waals surface area contributed by atoms with E-state index < -0.39 is 18.1 Å². The number of carbonyl (C=O) groups excluding carboxylic acids is 2. The molecular weight excluding hydrogens is 266 g/mol. The van der Waals surface area contributed by atoms with Gasteiger partial charge in [0.2, 0.25) is 5.91 Å². The van der Waals surface area contributed by atoms with Gasteiger partial charge in [0.25, 0.3) is 0 Å². The number of piperazine rings is 1. The molecule has 0 radical (unpaired) electrons. The summed E-state index contributed by atoms with van der Waals surface area (Å²) in [5.74, 6) is -1.13.